The van der Waals surface area contributed by atoms with Crippen LogP contribution in [-0.4, -0.2) is 12.6 Å². The summed E-state index contributed by atoms with van der Waals surface area (Å²) in [5.74, 6) is 0.486. The van der Waals surface area contributed by atoms with Crippen LogP contribution in [0.4, 0.5) is 10.1 Å². The molecule has 0 bridgehead atoms. The average molecular weight is 255 g/mol. The van der Waals surface area contributed by atoms with Crippen molar-refractivity contribution >= 4 is 11.6 Å². The van der Waals surface area contributed by atoms with E-state index in [1.54, 1.807) is 6.92 Å². The van der Waals surface area contributed by atoms with E-state index in [2.05, 4.69) is 4.99 Å². The van der Waals surface area contributed by atoms with Crippen molar-refractivity contribution < 1.29 is 9.13 Å². The fourth-order valence-electron chi connectivity index (χ4n) is 2.51. The third-order valence-corrected chi connectivity index (χ3v) is 3.37. The van der Waals surface area contributed by atoms with Gasteiger partial charge in [-0.15, -0.1) is 0 Å². The van der Waals surface area contributed by atoms with Crippen molar-refractivity contribution in [1.29, 1.82) is 0 Å². The van der Waals surface area contributed by atoms with Gasteiger partial charge in [-0.2, -0.15) is 0 Å². The van der Waals surface area contributed by atoms with Crippen molar-refractivity contribution in [2.45, 2.75) is 12.5 Å². The second kappa shape index (κ2) is 4.50. The van der Waals surface area contributed by atoms with Gasteiger partial charge in [-0.3, -0.25) is 0 Å². The Kier molecular flexibility index (Phi) is 2.82. The maximum atomic E-state index is 13.9. The number of halogens is 1. The highest BCUT2D eigenvalue weighted by atomic mass is 19.1. The van der Waals surface area contributed by atoms with Gasteiger partial charge in [0.15, 0.2) is 11.5 Å². The van der Waals surface area contributed by atoms with Crippen molar-refractivity contribution in [3.8, 4) is 0 Å². The summed E-state index contributed by atoms with van der Waals surface area (Å²) in [6, 6.07) is 17.0. The van der Waals surface area contributed by atoms with Crippen molar-refractivity contribution in [1.82, 2.24) is 0 Å². The zero-order chi connectivity index (χ0) is 13.3. The number of fused-ring (bicyclic) bond motifs is 1. The summed E-state index contributed by atoms with van der Waals surface area (Å²) in [7, 11) is 0. The van der Waals surface area contributed by atoms with E-state index in [4.69, 9.17) is 4.74 Å². The van der Waals surface area contributed by atoms with Crippen LogP contribution < -0.4 is 0 Å². The number of hydrogen-bond acceptors (Lipinski definition) is 2. The second-order valence-electron chi connectivity index (χ2n) is 4.58. The Morgan fingerprint density at radius 3 is 2.47 bits per heavy atom. The van der Waals surface area contributed by atoms with Crippen LogP contribution in [-0.2, 0) is 10.3 Å². The number of alkyl halides is 1. The number of ether oxygens (including phenoxy) is 1. The summed E-state index contributed by atoms with van der Waals surface area (Å²) >= 11 is 0. The molecule has 1 heterocycles. The zero-order valence-electron chi connectivity index (χ0n) is 10.6. The first-order valence-electron chi connectivity index (χ1n) is 6.21. The molecule has 3 rings (SSSR count). The molecule has 0 saturated heterocycles. The van der Waals surface area contributed by atoms with Crippen LogP contribution >= 0.6 is 0 Å². The van der Waals surface area contributed by atoms with Gasteiger partial charge in [0.1, 0.15) is 6.67 Å². The summed E-state index contributed by atoms with van der Waals surface area (Å²) in [5.41, 5.74) is 1.27. The molecule has 2 nitrogen and oxygen atoms in total. The number of para-hydroxylation sites is 1. The summed E-state index contributed by atoms with van der Waals surface area (Å²) in [4.78, 5) is 4.34. The third-order valence-electron chi connectivity index (χ3n) is 3.37. The van der Waals surface area contributed by atoms with Crippen LogP contribution in [0, 0.1) is 0 Å². The molecule has 1 aliphatic rings. The lowest BCUT2D eigenvalue weighted by Gasteiger charge is -2.36. The van der Waals surface area contributed by atoms with E-state index in [0.717, 1.165) is 16.8 Å². The van der Waals surface area contributed by atoms with Crippen molar-refractivity contribution in [3.63, 3.8) is 0 Å². The Labute approximate surface area is 111 Å². The SMILES string of the molecule is CC1=Nc2ccccc2C(CF)(c2ccccc2)O1. The van der Waals surface area contributed by atoms with E-state index < -0.39 is 12.3 Å². The largest absolute Gasteiger partial charge is 0.462 e. The molecule has 0 N–H and O–H groups in total. The number of hydrogen-bond donors (Lipinski definition) is 0. The molecule has 0 radical (unpaired) electrons. The first kappa shape index (κ1) is 11.9. The molecule has 3 heteroatoms. The fraction of sp³-hybridized carbons (Fsp3) is 0.188. The average Bonchev–Trinajstić information content (AvgIpc) is 2.47. The maximum Gasteiger partial charge on any atom is 0.191 e. The van der Waals surface area contributed by atoms with Crippen molar-refractivity contribution in [3.05, 3.63) is 65.7 Å². The molecule has 0 fully saturated rings. The first-order chi connectivity index (χ1) is 9.26. The Morgan fingerprint density at radius 1 is 1.05 bits per heavy atom. The molecule has 1 unspecified atom stereocenters. The molecule has 2 aromatic rings. The molecule has 1 atom stereocenters. The quantitative estimate of drug-likeness (QED) is 0.795. The van der Waals surface area contributed by atoms with Gasteiger partial charge in [-0.25, -0.2) is 9.38 Å². The topological polar surface area (TPSA) is 21.6 Å². The highest BCUT2D eigenvalue weighted by Crippen LogP contribution is 2.42. The number of benzene rings is 2. The van der Waals surface area contributed by atoms with Crippen LogP contribution in [0.5, 0.6) is 0 Å². The van der Waals surface area contributed by atoms with Crippen LogP contribution in [0.25, 0.3) is 0 Å². The number of rotatable bonds is 2. The summed E-state index contributed by atoms with van der Waals surface area (Å²) in [6.45, 7) is 1.13. The van der Waals surface area contributed by atoms with E-state index in [1.807, 2.05) is 54.6 Å². The molecular weight excluding hydrogens is 241 g/mol. The molecule has 0 aliphatic carbocycles. The van der Waals surface area contributed by atoms with Gasteiger partial charge >= 0.3 is 0 Å². The lowest BCUT2D eigenvalue weighted by atomic mass is 9.85. The standard InChI is InChI=1S/C16H14FNO/c1-12-18-15-10-6-5-9-14(15)16(11-17,19-12)13-7-3-2-4-8-13/h2-10H,11H2,1H3. The number of nitrogens with zero attached hydrogens (tertiary/aromatic N) is 1. The molecule has 2 aromatic carbocycles. The Bertz CT molecular complexity index is 624. The Hall–Kier alpha value is -2.16. The molecular formula is C16H14FNO. The zero-order valence-corrected chi connectivity index (χ0v) is 10.6. The maximum absolute atomic E-state index is 13.9. The molecule has 0 amide bonds. The van der Waals surface area contributed by atoms with Crippen molar-refractivity contribution in [2.75, 3.05) is 6.67 Å². The molecule has 0 aromatic heterocycles. The van der Waals surface area contributed by atoms with E-state index in [1.165, 1.54) is 0 Å². The van der Waals surface area contributed by atoms with Gasteiger partial charge in [0.05, 0.1) is 5.69 Å². The lowest BCUT2D eigenvalue weighted by Crippen LogP contribution is -2.37. The highest BCUT2D eigenvalue weighted by molar-refractivity contribution is 5.81. The predicted octanol–water partition coefficient (Wildman–Crippen LogP) is 3.98. The Balaban J connectivity index is 2.25. The molecule has 0 spiro atoms. The fourth-order valence-corrected chi connectivity index (χ4v) is 2.51. The van der Waals surface area contributed by atoms with Crippen LogP contribution in [0.2, 0.25) is 0 Å². The highest BCUT2D eigenvalue weighted by Gasteiger charge is 2.41. The Morgan fingerprint density at radius 2 is 1.74 bits per heavy atom. The lowest BCUT2D eigenvalue weighted by molar-refractivity contribution is 0.0618. The minimum Gasteiger partial charge on any atom is -0.462 e. The monoisotopic (exact) mass is 255 g/mol. The third kappa shape index (κ3) is 1.82. The van der Waals surface area contributed by atoms with Gasteiger partial charge < -0.3 is 4.74 Å². The number of aliphatic imine (C=N–C) groups is 1. The predicted molar refractivity (Wildman–Crippen MR) is 73.5 cm³/mol. The molecule has 1 aliphatic heterocycles. The minimum atomic E-state index is -1.08. The molecule has 0 saturated carbocycles. The van der Waals surface area contributed by atoms with Gasteiger partial charge in [0.25, 0.3) is 0 Å². The second-order valence-corrected chi connectivity index (χ2v) is 4.58. The van der Waals surface area contributed by atoms with Crippen LogP contribution in [0.3, 0.4) is 0 Å². The first-order valence-corrected chi connectivity index (χ1v) is 6.21. The summed E-state index contributed by atoms with van der Waals surface area (Å²) in [5, 5.41) is 0. The summed E-state index contributed by atoms with van der Waals surface area (Å²) in [6.07, 6.45) is 0. The van der Waals surface area contributed by atoms with Crippen LogP contribution in [0.15, 0.2) is 59.6 Å². The van der Waals surface area contributed by atoms with Gasteiger partial charge in [-0.1, -0.05) is 48.5 Å². The van der Waals surface area contributed by atoms with Gasteiger partial charge in [-0.05, 0) is 6.07 Å². The van der Waals surface area contributed by atoms with Gasteiger partial charge in [0.2, 0.25) is 0 Å². The minimum absolute atomic E-state index is 0.486. The molecule has 19 heavy (non-hydrogen) atoms. The summed E-state index contributed by atoms with van der Waals surface area (Å²) < 4.78 is 19.7. The smallest absolute Gasteiger partial charge is 0.191 e. The van der Waals surface area contributed by atoms with E-state index in [9.17, 15) is 4.39 Å². The molecule has 96 valence electrons. The van der Waals surface area contributed by atoms with Crippen molar-refractivity contribution in [2.24, 2.45) is 4.99 Å². The van der Waals surface area contributed by atoms with E-state index in [0.29, 0.717) is 5.90 Å². The van der Waals surface area contributed by atoms with E-state index in [-0.39, 0.29) is 0 Å². The van der Waals surface area contributed by atoms with Gasteiger partial charge in [0, 0.05) is 18.1 Å². The normalized spacial score (nSPS) is 21.3. The van der Waals surface area contributed by atoms with E-state index >= 15 is 0 Å². The van der Waals surface area contributed by atoms with Crippen LogP contribution in [0.1, 0.15) is 18.1 Å².